The molecule has 0 radical (unpaired) electrons. The summed E-state index contributed by atoms with van der Waals surface area (Å²) in [6.45, 7) is 1.91. The Bertz CT molecular complexity index is 930. The van der Waals surface area contributed by atoms with Gasteiger partial charge in [-0.2, -0.15) is 18.3 Å². The van der Waals surface area contributed by atoms with Crippen LogP contribution in [-0.2, 0) is 6.18 Å². The molecule has 2 atom stereocenters. The van der Waals surface area contributed by atoms with E-state index < -0.39 is 42.6 Å². The molecule has 160 valence electrons. The fourth-order valence-corrected chi connectivity index (χ4v) is 3.70. The number of para-hydroxylation sites is 1. The zero-order valence-corrected chi connectivity index (χ0v) is 15.9. The summed E-state index contributed by atoms with van der Waals surface area (Å²) in [6, 6.07) is 6.02. The van der Waals surface area contributed by atoms with E-state index in [1.165, 1.54) is 0 Å². The first-order valence-electron chi connectivity index (χ1n) is 9.24. The lowest BCUT2D eigenvalue weighted by Gasteiger charge is -2.37. The normalized spacial score (nSPS) is 23.0. The van der Waals surface area contributed by atoms with Gasteiger partial charge in [-0.15, -0.1) is 0 Å². The van der Waals surface area contributed by atoms with Crippen molar-refractivity contribution in [2.24, 2.45) is 0 Å². The molecule has 6 nitrogen and oxygen atoms in total. The van der Waals surface area contributed by atoms with Gasteiger partial charge in [0.05, 0.1) is 23.3 Å². The van der Waals surface area contributed by atoms with E-state index in [2.05, 4.69) is 20.7 Å². The minimum Gasteiger partial charge on any atom is -0.349 e. The fourth-order valence-electron chi connectivity index (χ4n) is 3.70. The molecule has 0 amide bonds. The molecule has 2 unspecified atom stereocenters. The highest BCUT2D eigenvalue weighted by molar-refractivity contribution is 5.52. The van der Waals surface area contributed by atoms with E-state index in [1.54, 1.807) is 22.5 Å². The standard InChI is InChI=1S/C19H19F5N6/c1-12-4-2-3-5-15(12)30-27-6-7-29(30)16-9-18(20,21)8-14(16)28-17-25-10-13(11-26-17)19(22,23)24/h2-7,10-11,14,16,27H,8-9H2,1H3,(H,25,26,28). The zero-order valence-electron chi connectivity index (χ0n) is 15.9. The molecular formula is C19H19F5N6. The van der Waals surface area contributed by atoms with Crippen LogP contribution in [0.1, 0.15) is 24.0 Å². The topological polar surface area (TPSA) is 56.3 Å². The number of anilines is 2. The molecule has 1 fully saturated rings. The molecule has 1 aromatic carbocycles. The van der Waals surface area contributed by atoms with E-state index in [1.807, 2.05) is 31.2 Å². The van der Waals surface area contributed by atoms with Gasteiger partial charge in [-0.1, -0.05) is 18.2 Å². The molecule has 2 heterocycles. The first kappa shape index (κ1) is 20.2. The molecule has 0 saturated heterocycles. The van der Waals surface area contributed by atoms with Gasteiger partial charge in [0, 0.05) is 37.6 Å². The van der Waals surface area contributed by atoms with Crippen molar-refractivity contribution in [3.63, 3.8) is 0 Å². The fraction of sp³-hybridized carbons (Fsp3) is 0.368. The molecule has 1 saturated carbocycles. The minimum absolute atomic E-state index is 0.130. The van der Waals surface area contributed by atoms with E-state index in [-0.39, 0.29) is 5.95 Å². The third-order valence-electron chi connectivity index (χ3n) is 5.12. The number of nitrogens with zero attached hydrogens (tertiary/aromatic N) is 4. The maximum Gasteiger partial charge on any atom is 0.419 e. The summed E-state index contributed by atoms with van der Waals surface area (Å²) in [6.07, 6.45) is -0.937. The van der Waals surface area contributed by atoms with Crippen LogP contribution in [0.5, 0.6) is 0 Å². The lowest BCUT2D eigenvalue weighted by Crippen LogP contribution is -2.51. The van der Waals surface area contributed by atoms with Gasteiger partial charge in [0.1, 0.15) is 0 Å². The Morgan fingerprint density at radius 1 is 1.13 bits per heavy atom. The number of hydrogen-bond acceptors (Lipinski definition) is 6. The van der Waals surface area contributed by atoms with Crippen molar-refractivity contribution >= 4 is 11.6 Å². The quantitative estimate of drug-likeness (QED) is 0.719. The molecule has 1 aromatic heterocycles. The molecule has 4 rings (SSSR count). The van der Waals surface area contributed by atoms with Gasteiger partial charge < -0.3 is 5.32 Å². The summed E-state index contributed by atoms with van der Waals surface area (Å²) in [7, 11) is 0. The van der Waals surface area contributed by atoms with Crippen molar-refractivity contribution in [3.05, 3.63) is 60.2 Å². The van der Waals surface area contributed by atoms with Crippen molar-refractivity contribution in [2.75, 3.05) is 10.4 Å². The largest absolute Gasteiger partial charge is 0.419 e. The first-order chi connectivity index (χ1) is 14.1. The van der Waals surface area contributed by atoms with Crippen LogP contribution < -0.4 is 15.9 Å². The third-order valence-corrected chi connectivity index (χ3v) is 5.12. The molecule has 0 bridgehead atoms. The number of benzene rings is 1. The number of hydrogen-bond donors (Lipinski definition) is 2. The number of rotatable bonds is 4. The Balaban J connectivity index is 1.57. The average molecular weight is 426 g/mol. The maximum absolute atomic E-state index is 14.3. The van der Waals surface area contributed by atoms with Gasteiger partial charge in [0.15, 0.2) is 0 Å². The van der Waals surface area contributed by atoms with Crippen LogP contribution in [-0.4, -0.2) is 33.0 Å². The average Bonchev–Trinajstić information content (AvgIpc) is 3.25. The van der Waals surface area contributed by atoms with E-state index in [0.29, 0.717) is 12.4 Å². The van der Waals surface area contributed by atoms with E-state index in [4.69, 9.17) is 0 Å². The van der Waals surface area contributed by atoms with E-state index >= 15 is 0 Å². The second kappa shape index (κ2) is 7.29. The van der Waals surface area contributed by atoms with E-state index in [9.17, 15) is 22.0 Å². The van der Waals surface area contributed by atoms with Crippen LogP contribution in [0.3, 0.4) is 0 Å². The Hall–Kier alpha value is -3.11. The molecule has 1 aliphatic heterocycles. The van der Waals surface area contributed by atoms with Crippen LogP contribution in [0, 0.1) is 6.92 Å². The lowest BCUT2D eigenvalue weighted by molar-refractivity contribution is -0.138. The van der Waals surface area contributed by atoms with E-state index in [0.717, 1.165) is 11.3 Å². The molecule has 0 spiro atoms. The second-order valence-electron chi connectivity index (χ2n) is 7.30. The summed E-state index contributed by atoms with van der Waals surface area (Å²) in [5, 5.41) is 6.12. The highest BCUT2D eigenvalue weighted by Gasteiger charge is 2.50. The third kappa shape index (κ3) is 3.96. The van der Waals surface area contributed by atoms with Crippen molar-refractivity contribution in [3.8, 4) is 0 Å². The predicted molar refractivity (Wildman–Crippen MR) is 100 cm³/mol. The molecule has 1 aliphatic carbocycles. The highest BCUT2D eigenvalue weighted by atomic mass is 19.4. The number of aromatic nitrogens is 2. The van der Waals surface area contributed by atoms with Crippen LogP contribution in [0.2, 0.25) is 0 Å². The summed E-state index contributed by atoms with van der Waals surface area (Å²) in [4.78, 5) is 7.31. The van der Waals surface area contributed by atoms with Crippen LogP contribution in [0.4, 0.5) is 33.6 Å². The van der Waals surface area contributed by atoms with Crippen molar-refractivity contribution in [2.45, 2.75) is 43.9 Å². The molecule has 2 aliphatic rings. The van der Waals surface area contributed by atoms with Gasteiger partial charge in [-0.05, 0) is 18.6 Å². The molecule has 30 heavy (non-hydrogen) atoms. The number of nitrogens with one attached hydrogen (secondary N) is 2. The van der Waals surface area contributed by atoms with Crippen LogP contribution >= 0.6 is 0 Å². The number of halogens is 5. The Morgan fingerprint density at radius 3 is 2.50 bits per heavy atom. The van der Waals surface area contributed by atoms with Gasteiger partial charge in [-0.3, -0.25) is 10.4 Å². The zero-order chi connectivity index (χ0) is 21.5. The number of aryl methyl sites for hydroxylation is 1. The van der Waals surface area contributed by atoms with Gasteiger partial charge in [0.25, 0.3) is 5.92 Å². The Kier molecular flexibility index (Phi) is 4.91. The maximum atomic E-state index is 14.3. The molecular weight excluding hydrogens is 407 g/mol. The van der Waals surface area contributed by atoms with Crippen LogP contribution in [0.25, 0.3) is 0 Å². The van der Waals surface area contributed by atoms with Crippen molar-refractivity contribution in [1.29, 1.82) is 0 Å². The smallest absolute Gasteiger partial charge is 0.349 e. The van der Waals surface area contributed by atoms with Crippen molar-refractivity contribution in [1.82, 2.24) is 20.4 Å². The van der Waals surface area contributed by atoms with Gasteiger partial charge in [0.2, 0.25) is 5.95 Å². The van der Waals surface area contributed by atoms with Gasteiger partial charge in [-0.25, -0.2) is 18.7 Å². The summed E-state index contributed by atoms with van der Waals surface area (Å²) in [5.74, 6) is -3.07. The summed E-state index contributed by atoms with van der Waals surface area (Å²) >= 11 is 0. The van der Waals surface area contributed by atoms with Crippen LogP contribution in [0.15, 0.2) is 49.1 Å². The molecule has 11 heteroatoms. The second-order valence-corrected chi connectivity index (χ2v) is 7.30. The predicted octanol–water partition coefficient (Wildman–Crippen LogP) is 4.10. The minimum atomic E-state index is -4.57. The Morgan fingerprint density at radius 2 is 1.83 bits per heavy atom. The number of alkyl halides is 5. The molecule has 2 N–H and O–H groups in total. The number of hydrazine groups is 2. The van der Waals surface area contributed by atoms with Gasteiger partial charge >= 0.3 is 6.18 Å². The lowest BCUT2D eigenvalue weighted by atomic mass is 10.1. The van der Waals surface area contributed by atoms with Crippen molar-refractivity contribution < 1.29 is 22.0 Å². The monoisotopic (exact) mass is 426 g/mol. The highest BCUT2D eigenvalue weighted by Crippen LogP contribution is 2.40. The SMILES string of the molecule is Cc1ccccc1N1NC=CN1C1CC(F)(F)CC1Nc1ncc(C(F)(F)F)cn1. The first-order valence-corrected chi connectivity index (χ1v) is 9.24. The molecule has 2 aromatic rings. The summed E-state index contributed by atoms with van der Waals surface area (Å²) < 4.78 is 66.7. The summed E-state index contributed by atoms with van der Waals surface area (Å²) in [5.41, 5.74) is 3.76. The Labute approximate surface area is 169 Å².